The molecule has 1 aromatic heterocycles. The molecule has 0 atom stereocenters. The van der Waals surface area contributed by atoms with Crippen molar-refractivity contribution in [1.82, 2.24) is 5.16 Å². The predicted molar refractivity (Wildman–Crippen MR) is 51.9 cm³/mol. The van der Waals surface area contributed by atoms with Crippen LogP contribution < -0.4 is 0 Å². The summed E-state index contributed by atoms with van der Waals surface area (Å²) >= 11 is 5.54. The van der Waals surface area contributed by atoms with Crippen molar-refractivity contribution in [2.24, 2.45) is 0 Å². The van der Waals surface area contributed by atoms with E-state index in [0.717, 1.165) is 0 Å². The molecular formula is C10H6ClF2NO. The second kappa shape index (κ2) is 3.98. The topological polar surface area (TPSA) is 26.0 Å². The van der Waals surface area contributed by atoms with Gasteiger partial charge in [-0.25, -0.2) is 8.78 Å². The van der Waals surface area contributed by atoms with Crippen LogP contribution >= 0.6 is 11.6 Å². The average Bonchev–Trinajstić information content (AvgIpc) is 2.65. The van der Waals surface area contributed by atoms with Crippen molar-refractivity contribution in [2.45, 2.75) is 6.43 Å². The Morgan fingerprint density at radius 3 is 2.33 bits per heavy atom. The molecule has 0 saturated carbocycles. The molecule has 0 N–H and O–H groups in total. The van der Waals surface area contributed by atoms with Gasteiger partial charge in [0.15, 0.2) is 0 Å². The number of hydrogen-bond acceptors (Lipinski definition) is 2. The zero-order valence-corrected chi connectivity index (χ0v) is 8.21. The molecule has 1 heterocycles. The summed E-state index contributed by atoms with van der Waals surface area (Å²) in [6.07, 6.45) is -2.46. The van der Waals surface area contributed by atoms with Crippen LogP contribution in [0.25, 0.3) is 11.3 Å². The molecule has 5 heteroatoms. The first-order valence-electron chi connectivity index (χ1n) is 4.17. The van der Waals surface area contributed by atoms with Gasteiger partial charge in [0.05, 0.1) is 0 Å². The lowest BCUT2D eigenvalue weighted by Gasteiger charge is -1.99. The number of hydrogen-bond donors (Lipinski definition) is 0. The second-order valence-corrected chi connectivity index (χ2v) is 3.31. The van der Waals surface area contributed by atoms with Crippen molar-refractivity contribution in [3.8, 4) is 11.3 Å². The molecule has 0 unspecified atom stereocenters. The molecule has 2 aromatic rings. The van der Waals surface area contributed by atoms with Crippen molar-refractivity contribution in [3.05, 3.63) is 41.1 Å². The first-order valence-corrected chi connectivity index (χ1v) is 4.55. The highest BCUT2D eigenvalue weighted by Crippen LogP contribution is 2.25. The van der Waals surface area contributed by atoms with E-state index < -0.39 is 6.43 Å². The fourth-order valence-electron chi connectivity index (χ4n) is 1.19. The highest BCUT2D eigenvalue weighted by atomic mass is 35.5. The summed E-state index contributed by atoms with van der Waals surface area (Å²) in [5.41, 5.74) is 1.20. The molecule has 0 aliphatic carbocycles. The maximum absolute atomic E-state index is 12.3. The van der Waals surface area contributed by atoms with Crippen LogP contribution in [0.15, 0.2) is 34.9 Å². The predicted octanol–water partition coefficient (Wildman–Crippen LogP) is 3.93. The third-order valence-corrected chi connectivity index (χ3v) is 2.12. The van der Waals surface area contributed by atoms with Gasteiger partial charge in [-0.1, -0.05) is 29.4 Å². The molecular weight excluding hydrogens is 224 g/mol. The van der Waals surface area contributed by atoms with E-state index in [2.05, 4.69) is 9.68 Å². The molecule has 0 bridgehead atoms. The Bertz CT molecular complexity index is 453. The fraction of sp³-hybridized carbons (Fsp3) is 0.100. The molecule has 2 nitrogen and oxygen atoms in total. The van der Waals surface area contributed by atoms with E-state index in [1.165, 1.54) is 18.2 Å². The van der Waals surface area contributed by atoms with Crippen LogP contribution in [0.2, 0.25) is 5.22 Å². The fourth-order valence-corrected chi connectivity index (χ4v) is 1.33. The van der Waals surface area contributed by atoms with Gasteiger partial charge < -0.3 is 4.52 Å². The summed E-state index contributed by atoms with van der Waals surface area (Å²) < 4.78 is 29.2. The first-order chi connectivity index (χ1) is 7.16. The largest absolute Gasteiger partial charge is 0.344 e. The highest BCUT2D eigenvalue weighted by molar-refractivity contribution is 6.29. The van der Waals surface area contributed by atoms with Gasteiger partial charge >= 0.3 is 0 Å². The van der Waals surface area contributed by atoms with Gasteiger partial charge in [-0.2, -0.15) is 0 Å². The number of alkyl halides is 2. The van der Waals surface area contributed by atoms with E-state index in [1.54, 1.807) is 12.1 Å². The summed E-state index contributed by atoms with van der Waals surface area (Å²) in [4.78, 5) is 0. The Balaban J connectivity index is 2.31. The van der Waals surface area contributed by atoms with Crippen LogP contribution in [-0.2, 0) is 0 Å². The van der Waals surface area contributed by atoms with Crippen molar-refractivity contribution >= 4 is 11.6 Å². The smallest absolute Gasteiger partial charge is 0.263 e. The van der Waals surface area contributed by atoms with E-state index in [4.69, 9.17) is 11.6 Å². The normalized spacial score (nSPS) is 10.9. The van der Waals surface area contributed by atoms with Crippen LogP contribution in [0.5, 0.6) is 0 Å². The Hall–Kier alpha value is -1.42. The minimum atomic E-state index is -2.46. The van der Waals surface area contributed by atoms with Crippen molar-refractivity contribution in [1.29, 1.82) is 0 Å². The lowest BCUT2D eigenvalue weighted by atomic mass is 10.1. The summed E-state index contributed by atoms with van der Waals surface area (Å²) in [5.74, 6) is 0. The zero-order chi connectivity index (χ0) is 10.8. The molecule has 78 valence electrons. The average molecular weight is 230 g/mol. The van der Waals surface area contributed by atoms with Crippen LogP contribution in [0.3, 0.4) is 0 Å². The van der Waals surface area contributed by atoms with Gasteiger partial charge in [-0.05, 0) is 11.6 Å². The van der Waals surface area contributed by atoms with Crippen molar-refractivity contribution < 1.29 is 13.3 Å². The molecule has 1 aromatic carbocycles. The van der Waals surface area contributed by atoms with E-state index in [0.29, 0.717) is 11.3 Å². The second-order valence-electron chi connectivity index (χ2n) is 2.94. The van der Waals surface area contributed by atoms with Gasteiger partial charge in [0, 0.05) is 17.2 Å². The van der Waals surface area contributed by atoms with E-state index in [1.807, 2.05) is 0 Å². The van der Waals surface area contributed by atoms with Crippen LogP contribution in [-0.4, -0.2) is 5.16 Å². The van der Waals surface area contributed by atoms with Crippen molar-refractivity contribution in [2.75, 3.05) is 0 Å². The lowest BCUT2D eigenvalue weighted by Crippen LogP contribution is -1.83. The maximum atomic E-state index is 12.3. The molecule has 0 amide bonds. The van der Waals surface area contributed by atoms with Gasteiger partial charge in [0.2, 0.25) is 5.22 Å². The molecule has 2 rings (SSSR count). The van der Waals surface area contributed by atoms with Crippen LogP contribution in [0.4, 0.5) is 8.78 Å². The lowest BCUT2D eigenvalue weighted by molar-refractivity contribution is 0.151. The molecule has 0 aliphatic heterocycles. The Morgan fingerprint density at radius 2 is 1.87 bits per heavy atom. The van der Waals surface area contributed by atoms with E-state index >= 15 is 0 Å². The van der Waals surface area contributed by atoms with Crippen LogP contribution in [0.1, 0.15) is 12.0 Å². The summed E-state index contributed by atoms with van der Waals surface area (Å²) in [5, 5.41) is 3.84. The number of nitrogens with zero attached hydrogens (tertiary/aromatic N) is 1. The number of benzene rings is 1. The highest BCUT2D eigenvalue weighted by Gasteiger charge is 2.08. The summed E-state index contributed by atoms with van der Waals surface area (Å²) in [6, 6.07) is 7.33. The minimum Gasteiger partial charge on any atom is -0.344 e. The number of halogens is 3. The molecule has 0 radical (unpaired) electrons. The minimum absolute atomic E-state index is 0.0201. The molecule has 15 heavy (non-hydrogen) atoms. The van der Waals surface area contributed by atoms with Gasteiger partial charge in [0.1, 0.15) is 5.69 Å². The van der Waals surface area contributed by atoms with Crippen LogP contribution in [0, 0.1) is 0 Å². The van der Waals surface area contributed by atoms with Gasteiger partial charge in [-0.3, -0.25) is 0 Å². The first kappa shape index (κ1) is 10.1. The van der Waals surface area contributed by atoms with Gasteiger partial charge in [-0.15, -0.1) is 0 Å². The number of aromatic nitrogens is 1. The van der Waals surface area contributed by atoms with E-state index in [-0.39, 0.29) is 10.8 Å². The maximum Gasteiger partial charge on any atom is 0.263 e. The SMILES string of the molecule is FC(F)c1ccc(-c2cc(Cl)on2)cc1. The molecule has 0 aliphatic rings. The Kier molecular flexibility index (Phi) is 2.68. The molecule has 0 spiro atoms. The quantitative estimate of drug-likeness (QED) is 0.780. The molecule has 0 saturated heterocycles. The monoisotopic (exact) mass is 229 g/mol. The Labute approximate surface area is 89.5 Å². The standard InChI is InChI=1S/C10H6ClF2NO/c11-9-5-8(14-15-9)6-1-3-7(4-2-6)10(12)13/h1-5,10H. The number of rotatable bonds is 2. The third-order valence-electron chi connectivity index (χ3n) is 1.94. The Morgan fingerprint density at radius 1 is 1.20 bits per heavy atom. The summed E-state index contributed by atoms with van der Waals surface area (Å²) in [7, 11) is 0. The summed E-state index contributed by atoms with van der Waals surface area (Å²) in [6.45, 7) is 0. The van der Waals surface area contributed by atoms with Gasteiger partial charge in [0.25, 0.3) is 6.43 Å². The van der Waals surface area contributed by atoms with Crippen molar-refractivity contribution in [3.63, 3.8) is 0 Å². The zero-order valence-electron chi connectivity index (χ0n) is 7.45. The third kappa shape index (κ3) is 2.15. The van der Waals surface area contributed by atoms with E-state index in [9.17, 15) is 8.78 Å². The molecule has 0 fully saturated rings.